The van der Waals surface area contributed by atoms with Gasteiger partial charge in [0.05, 0.1) is 15.5 Å². The lowest BCUT2D eigenvalue weighted by molar-refractivity contribution is 0.584. The summed E-state index contributed by atoms with van der Waals surface area (Å²) in [5.74, 6) is 0. The summed E-state index contributed by atoms with van der Waals surface area (Å²) in [5.41, 5.74) is 2.12. The van der Waals surface area contributed by atoms with E-state index in [0.29, 0.717) is 14.8 Å². The van der Waals surface area contributed by atoms with Crippen LogP contribution in [0.5, 0.6) is 0 Å². The fourth-order valence-corrected chi connectivity index (χ4v) is 7.80. The van der Waals surface area contributed by atoms with Gasteiger partial charge in [0, 0.05) is 11.1 Å². The number of nitrogens with zero attached hydrogens (tertiary/aromatic N) is 1. The summed E-state index contributed by atoms with van der Waals surface area (Å²) in [5, 5.41) is 1.59. The molecule has 0 saturated heterocycles. The van der Waals surface area contributed by atoms with Crippen LogP contribution in [0.3, 0.4) is 0 Å². The van der Waals surface area contributed by atoms with Crippen molar-refractivity contribution in [2.45, 2.75) is 16.7 Å². The molecule has 30 heavy (non-hydrogen) atoms. The van der Waals surface area contributed by atoms with Crippen molar-refractivity contribution in [2.75, 3.05) is 3.71 Å². The van der Waals surface area contributed by atoms with Gasteiger partial charge in [-0.2, -0.15) is 12.1 Å². The Balaban J connectivity index is 1.81. The summed E-state index contributed by atoms with van der Waals surface area (Å²) < 4.78 is 54.8. The highest BCUT2D eigenvalue weighted by Crippen LogP contribution is 2.45. The van der Waals surface area contributed by atoms with Gasteiger partial charge in [0.2, 0.25) is 0 Å². The molecule has 0 radical (unpaired) electrons. The van der Waals surface area contributed by atoms with Crippen molar-refractivity contribution < 1.29 is 16.8 Å². The van der Waals surface area contributed by atoms with Gasteiger partial charge in [-0.25, -0.2) is 8.42 Å². The van der Waals surface area contributed by atoms with Crippen LogP contribution in [0.25, 0.3) is 21.9 Å². The van der Waals surface area contributed by atoms with E-state index >= 15 is 0 Å². The molecule has 0 N–H and O–H groups in total. The maximum absolute atomic E-state index is 13.7. The van der Waals surface area contributed by atoms with Gasteiger partial charge in [-0.05, 0) is 48.0 Å². The van der Waals surface area contributed by atoms with Crippen molar-refractivity contribution >= 4 is 36.5 Å². The molecule has 0 spiro atoms. The third-order valence-corrected chi connectivity index (χ3v) is 9.46. The smallest absolute Gasteiger partial charge is 0.200 e. The first kappa shape index (κ1) is 18.8. The zero-order valence-corrected chi connectivity index (χ0v) is 17.6. The average Bonchev–Trinajstić information content (AvgIpc) is 2.74. The highest BCUT2D eigenvalue weighted by Gasteiger charge is 2.43. The molecule has 1 aliphatic heterocycles. The normalized spacial score (nSPS) is 14.9. The van der Waals surface area contributed by atoms with Crippen LogP contribution in [0.1, 0.15) is 5.56 Å². The minimum atomic E-state index is -4.38. The maximum atomic E-state index is 13.7. The Bertz CT molecular complexity index is 1540. The highest BCUT2D eigenvalue weighted by molar-refractivity contribution is 8.10. The van der Waals surface area contributed by atoms with E-state index in [9.17, 15) is 16.8 Å². The molecule has 0 fully saturated rings. The summed E-state index contributed by atoms with van der Waals surface area (Å²) in [7, 11) is -8.71. The number of fused-ring (bicyclic) bond motifs is 4. The third-order valence-electron chi connectivity index (χ3n) is 5.26. The van der Waals surface area contributed by atoms with Crippen molar-refractivity contribution in [1.29, 1.82) is 0 Å². The molecule has 0 aromatic heterocycles. The minimum Gasteiger partial charge on any atom is -0.200 e. The monoisotopic (exact) mass is 435 g/mol. The molecule has 0 bridgehead atoms. The number of benzene rings is 4. The summed E-state index contributed by atoms with van der Waals surface area (Å²) in [6.07, 6.45) is 0. The third kappa shape index (κ3) is 2.66. The number of anilines is 1. The van der Waals surface area contributed by atoms with Gasteiger partial charge in [0.1, 0.15) is 0 Å². The predicted octanol–water partition coefficient (Wildman–Crippen LogP) is 4.71. The molecule has 0 atom stereocenters. The number of hydrogen-bond acceptors (Lipinski definition) is 4. The minimum absolute atomic E-state index is 0.0209. The van der Waals surface area contributed by atoms with E-state index in [1.807, 2.05) is 31.2 Å². The van der Waals surface area contributed by atoms with Crippen LogP contribution in [0.15, 0.2) is 94.7 Å². The summed E-state index contributed by atoms with van der Waals surface area (Å²) in [4.78, 5) is -0.0943. The van der Waals surface area contributed by atoms with Gasteiger partial charge in [0.25, 0.3) is 20.0 Å². The van der Waals surface area contributed by atoms with E-state index in [4.69, 9.17) is 0 Å². The van der Waals surface area contributed by atoms with Gasteiger partial charge in [0.15, 0.2) is 0 Å². The van der Waals surface area contributed by atoms with E-state index in [1.54, 1.807) is 42.5 Å². The standard InChI is InChI=1S/C23H17NO4S2/c1-16-10-13-22-21(14-16)20-8-4-5-9-23(20)30(27,28)24(22)29(25,26)19-12-11-17-6-2-3-7-18(17)15-19/h2-15H,1H3. The fraction of sp³-hybridized carbons (Fsp3) is 0.0435. The summed E-state index contributed by atoms with van der Waals surface area (Å²) in [6, 6.07) is 23.5. The Labute approximate surface area is 175 Å². The summed E-state index contributed by atoms with van der Waals surface area (Å²) >= 11 is 0. The molecule has 0 aliphatic carbocycles. The quantitative estimate of drug-likeness (QED) is 0.457. The van der Waals surface area contributed by atoms with Crippen LogP contribution in [0, 0.1) is 6.92 Å². The van der Waals surface area contributed by atoms with E-state index < -0.39 is 20.0 Å². The molecule has 0 saturated carbocycles. The molecule has 1 aliphatic rings. The Morgan fingerprint density at radius 1 is 0.733 bits per heavy atom. The highest BCUT2D eigenvalue weighted by atomic mass is 32.3. The molecule has 150 valence electrons. The second-order valence-corrected chi connectivity index (χ2v) is 11.0. The van der Waals surface area contributed by atoms with Gasteiger partial charge in [-0.3, -0.25) is 0 Å². The Hall–Kier alpha value is -3.16. The van der Waals surface area contributed by atoms with E-state index in [1.165, 1.54) is 18.2 Å². The molecular weight excluding hydrogens is 418 g/mol. The largest absolute Gasteiger partial charge is 0.278 e. The number of sulfonamides is 2. The Morgan fingerprint density at radius 3 is 2.23 bits per heavy atom. The van der Waals surface area contributed by atoms with Crippen LogP contribution in [0.2, 0.25) is 0 Å². The molecule has 4 aromatic rings. The molecule has 0 amide bonds. The van der Waals surface area contributed by atoms with Crippen molar-refractivity contribution in [2.24, 2.45) is 0 Å². The lowest BCUT2D eigenvalue weighted by atomic mass is 10.0. The van der Waals surface area contributed by atoms with E-state index in [-0.39, 0.29) is 15.5 Å². The number of hydrogen-bond donors (Lipinski definition) is 0. The topological polar surface area (TPSA) is 71.5 Å². The van der Waals surface area contributed by atoms with E-state index in [0.717, 1.165) is 16.3 Å². The van der Waals surface area contributed by atoms with Crippen molar-refractivity contribution in [3.8, 4) is 11.1 Å². The second kappa shape index (κ2) is 6.42. The van der Waals surface area contributed by atoms with Gasteiger partial charge >= 0.3 is 0 Å². The zero-order chi connectivity index (χ0) is 21.1. The molecule has 7 heteroatoms. The van der Waals surface area contributed by atoms with Crippen LogP contribution >= 0.6 is 0 Å². The molecule has 4 aromatic carbocycles. The summed E-state index contributed by atoms with van der Waals surface area (Å²) in [6.45, 7) is 1.88. The fourth-order valence-electron chi connectivity index (χ4n) is 3.84. The second-order valence-electron chi connectivity index (χ2n) is 7.23. The van der Waals surface area contributed by atoms with E-state index in [2.05, 4.69) is 0 Å². The SMILES string of the molecule is Cc1ccc2c(c1)-c1ccccc1S(=O)(=O)N2S(=O)(=O)c1ccc2ccccc2c1. The first-order chi connectivity index (χ1) is 14.3. The van der Waals surface area contributed by atoms with Crippen LogP contribution < -0.4 is 3.71 Å². The molecule has 5 rings (SSSR count). The van der Waals surface area contributed by atoms with Gasteiger partial charge in [-0.1, -0.05) is 60.2 Å². The van der Waals surface area contributed by atoms with Crippen molar-refractivity contribution in [1.82, 2.24) is 0 Å². The Morgan fingerprint density at radius 2 is 1.43 bits per heavy atom. The average molecular weight is 436 g/mol. The van der Waals surface area contributed by atoms with Gasteiger partial charge in [-0.15, -0.1) is 0 Å². The molecular formula is C23H17NO4S2. The van der Waals surface area contributed by atoms with Gasteiger partial charge < -0.3 is 0 Å². The lowest BCUT2D eigenvalue weighted by Crippen LogP contribution is -2.39. The zero-order valence-electron chi connectivity index (χ0n) is 16.0. The maximum Gasteiger partial charge on any atom is 0.278 e. The number of aryl methyl sites for hydroxylation is 1. The lowest BCUT2D eigenvalue weighted by Gasteiger charge is -2.31. The van der Waals surface area contributed by atoms with Crippen LogP contribution in [-0.2, 0) is 20.0 Å². The first-order valence-corrected chi connectivity index (χ1v) is 12.2. The Kier molecular flexibility index (Phi) is 4.03. The first-order valence-electron chi connectivity index (χ1n) is 9.29. The van der Waals surface area contributed by atoms with Crippen LogP contribution in [-0.4, -0.2) is 16.8 Å². The van der Waals surface area contributed by atoms with Crippen LogP contribution in [0.4, 0.5) is 5.69 Å². The molecule has 1 heterocycles. The molecule has 0 unspecified atom stereocenters. The predicted molar refractivity (Wildman–Crippen MR) is 117 cm³/mol. The van der Waals surface area contributed by atoms with Crippen molar-refractivity contribution in [3.05, 3.63) is 90.5 Å². The van der Waals surface area contributed by atoms with Crippen molar-refractivity contribution in [3.63, 3.8) is 0 Å². The molecule has 5 nitrogen and oxygen atoms in total. The number of rotatable bonds is 2.